The maximum Gasteiger partial charge on any atom is 0.161 e. The van der Waals surface area contributed by atoms with Crippen molar-refractivity contribution in [2.75, 3.05) is 25.1 Å². The number of nitrogens with zero attached hydrogens (tertiary/aromatic N) is 3. The van der Waals surface area contributed by atoms with Crippen LogP contribution in [0, 0.1) is 0 Å². The van der Waals surface area contributed by atoms with Gasteiger partial charge in [0.25, 0.3) is 0 Å². The van der Waals surface area contributed by atoms with E-state index >= 15 is 0 Å². The summed E-state index contributed by atoms with van der Waals surface area (Å²) in [6.07, 6.45) is 1.80. The number of ether oxygens (including phenoxy) is 1. The van der Waals surface area contributed by atoms with E-state index < -0.39 is 0 Å². The average molecular weight is 254 g/mol. The Hall–Kier alpha value is -1.27. The van der Waals surface area contributed by atoms with Gasteiger partial charge < -0.3 is 15.4 Å². The summed E-state index contributed by atoms with van der Waals surface area (Å²) in [7, 11) is 1.91. The number of hydrogen-bond donors (Lipinski definition) is 1. The fourth-order valence-electron chi connectivity index (χ4n) is 1.33. The Bertz CT molecular complexity index is 383. The molecule has 0 unspecified atom stereocenters. The van der Waals surface area contributed by atoms with Crippen molar-refractivity contribution in [2.45, 2.75) is 20.0 Å². The highest BCUT2D eigenvalue weighted by molar-refractivity contribution is 7.80. The summed E-state index contributed by atoms with van der Waals surface area (Å²) in [5.41, 5.74) is 6.37. The van der Waals surface area contributed by atoms with Crippen molar-refractivity contribution < 1.29 is 4.74 Å². The molecule has 0 saturated heterocycles. The van der Waals surface area contributed by atoms with E-state index in [4.69, 9.17) is 22.7 Å². The van der Waals surface area contributed by atoms with Gasteiger partial charge in [0.05, 0.1) is 24.5 Å². The van der Waals surface area contributed by atoms with Crippen molar-refractivity contribution in [1.82, 2.24) is 10.2 Å². The maximum atomic E-state index is 5.63. The molecule has 1 aromatic rings. The summed E-state index contributed by atoms with van der Waals surface area (Å²) in [6, 6.07) is 1.77. The summed E-state index contributed by atoms with van der Waals surface area (Å²) in [5.74, 6) is 0.687. The molecular weight excluding hydrogens is 236 g/mol. The topological polar surface area (TPSA) is 64.3 Å². The lowest BCUT2D eigenvalue weighted by atomic mass is 10.2. The summed E-state index contributed by atoms with van der Waals surface area (Å²) in [5, 5.41) is 7.89. The number of thiocarbonyl (C=S) groups is 1. The zero-order valence-corrected chi connectivity index (χ0v) is 11.2. The Kier molecular flexibility index (Phi) is 5.24. The van der Waals surface area contributed by atoms with Crippen LogP contribution in [-0.4, -0.2) is 41.5 Å². The molecule has 0 aliphatic rings. The van der Waals surface area contributed by atoms with Crippen LogP contribution in [0.1, 0.15) is 19.4 Å². The lowest BCUT2D eigenvalue weighted by Crippen LogP contribution is -2.27. The highest BCUT2D eigenvalue weighted by Gasteiger charge is 2.11. The van der Waals surface area contributed by atoms with Crippen LogP contribution in [0.3, 0.4) is 0 Å². The molecule has 0 aliphatic heterocycles. The lowest BCUT2D eigenvalue weighted by Gasteiger charge is -2.20. The fraction of sp³-hybridized carbons (Fsp3) is 0.545. The molecule has 0 fully saturated rings. The van der Waals surface area contributed by atoms with Gasteiger partial charge >= 0.3 is 0 Å². The summed E-state index contributed by atoms with van der Waals surface area (Å²) in [4.78, 5) is 2.26. The summed E-state index contributed by atoms with van der Waals surface area (Å²) < 4.78 is 5.48. The van der Waals surface area contributed by atoms with Crippen molar-refractivity contribution in [1.29, 1.82) is 0 Å². The minimum absolute atomic E-state index is 0.223. The third-order valence-electron chi connectivity index (χ3n) is 2.21. The van der Waals surface area contributed by atoms with Crippen LogP contribution >= 0.6 is 12.2 Å². The van der Waals surface area contributed by atoms with Crippen LogP contribution in [-0.2, 0) is 4.74 Å². The van der Waals surface area contributed by atoms with Gasteiger partial charge in [-0.05, 0) is 19.9 Å². The quantitative estimate of drug-likeness (QED) is 0.763. The van der Waals surface area contributed by atoms with Crippen molar-refractivity contribution in [3.8, 4) is 0 Å². The first-order chi connectivity index (χ1) is 8.02. The number of aromatic nitrogens is 2. The Morgan fingerprint density at radius 1 is 1.59 bits per heavy atom. The minimum atomic E-state index is 0.223. The molecule has 0 spiro atoms. The maximum absolute atomic E-state index is 5.63. The van der Waals surface area contributed by atoms with Crippen molar-refractivity contribution in [3.05, 3.63) is 17.8 Å². The molecule has 0 saturated carbocycles. The Balaban J connectivity index is 2.68. The number of rotatable bonds is 6. The smallest absolute Gasteiger partial charge is 0.161 e. The largest absolute Gasteiger partial charge is 0.389 e. The monoisotopic (exact) mass is 254 g/mol. The van der Waals surface area contributed by atoms with Gasteiger partial charge in [-0.3, -0.25) is 0 Å². The zero-order chi connectivity index (χ0) is 12.8. The van der Waals surface area contributed by atoms with Gasteiger partial charge in [0, 0.05) is 13.6 Å². The molecule has 6 heteroatoms. The van der Waals surface area contributed by atoms with Crippen molar-refractivity contribution in [2.24, 2.45) is 5.73 Å². The molecule has 5 nitrogen and oxygen atoms in total. The van der Waals surface area contributed by atoms with E-state index in [0.29, 0.717) is 24.0 Å². The van der Waals surface area contributed by atoms with Gasteiger partial charge in [0.2, 0.25) is 0 Å². The van der Waals surface area contributed by atoms with E-state index in [0.717, 1.165) is 5.56 Å². The Morgan fingerprint density at radius 3 is 2.88 bits per heavy atom. The number of anilines is 1. The number of likely N-dealkylation sites (N-methyl/N-ethyl adjacent to an activating group) is 1. The van der Waals surface area contributed by atoms with Crippen LogP contribution in [0.2, 0.25) is 0 Å². The third kappa shape index (κ3) is 4.24. The van der Waals surface area contributed by atoms with Crippen molar-refractivity contribution >= 4 is 23.0 Å². The second-order valence-corrected chi connectivity index (χ2v) is 4.41. The van der Waals surface area contributed by atoms with Gasteiger partial charge in [-0.15, -0.1) is 5.10 Å². The summed E-state index contributed by atoms with van der Waals surface area (Å²) in [6.45, 7) is 5.35. The van der Waals surface area contributed by atoms with Crippen LogP contribution < -0.4 is 10.6 Å². The third-order valence-corrected chi connectivity index (χ3v) is 2.43. The van der Waals surface area contributed by atoms with Crippen LogP contribution in [0.15, 0.2) is 12.3 Å². The first-order valence-corrected chi connectivity index (χ1v) is 5.87. The molecule has 1 rings (SSSR count). The van der Waals surface area contributed by atoms with Gasteiger partial charge in [-0.2, -0.15) is 5.10 Å². The van der Waals surface area contributed by atoms with E-state index in [2.05, 4.69) is 10.2 Å². The molecule has 0 aliphatic carbocycles. The van der Waals surface area contributed by atoms with E-state index in [1.807, 2.05) is 25.8 Å². The highest BCUT2D eigenvalue weighted by Crippen LogP contribution is 2.14. The SMILES string of the molecule is CC(C)OCCN(C)c1nnccc1C(N)=S. The first kappa shape index (κ1) is 13.8. The standard InChI is InChI=1S/C11H18N4OS/c1-8(2)16-7-6-15(3)11-9(10(12)17)4-5-13-14-11/h4-5,8H,6-7H2,1-3H3,(H2,12,17). The summed E-state index contributed by atoms with van der Waals surface area (Å²) >= 11 is 4.97. The Morgan fingerprint density at radius 2 is 2.29 bits per heavy atom. The molecular formula is C11H18N4OS. The molecule has 0 bridgehead atoms. The van der Waals surface area contributed by atoms with E-state index in [-0.39, 0.29) is 6.10 Å². The second-order valence-electron chi connectivity index (χ2n) is 3.97. The number of hydrogen-bond acceptors (Lipinski definition) is 5. The van der Waals surface area contributed by atoms with Gasteiger partial charge in [0.1, 0.15) is 4.99 Å². The first-order valence-electron chi connectivity index (χ1n) is 5.46. The minimum Gasteiger partial charge on any atom is -0.389 e. The van der Waals surface area contributed by atoms with E-state index in [1.165, 1.54) is 0 Å². The normalized spacial score (nSPS) is 10.6. The molecule has 1 aromatic heterocycles. The lowest BCUT2D eigenvalue weighted by molar-refractivity contribution is 0.0845. The molecule has 0 amide bonds. The molecule has 0 aromatic carbocycles. The average Bonchev–Trinajstić information content (AvgIpc) is 2.28. The van der Waals surface area contributed by atoms with Gasteiger partial charge in [-0.25, -0.2) is 0 Å². The molecule has 2 N–H and O–H groups in total. The van der Waals surface area contributed by atoms with E-state index in [9.17, 15) is 0 Å². The molecule has 0 radical (unpaired) electrons. The van der Waals surface area contributed by atoms with Crippen LogP contribution in [0.5, 0.6) is 0 Å². The number of nitrogens with two attached hydrogens (primary N) is 1. The van der Waals surface area contributed by atoms with Gasteiger partial charge in [0.15, 0.2) is 5.82 Å². The molecule has 94 valence electrons. The second kappa shape index (κ2) is 6.46. The molecule has 17 heavy (non-hydrogen) atoms. The van der Waals surface area contributed by atoms with Crippen LogP contribution in [0.25, 0.3) is 0 Å². The zero-order valence-electron chi connectivity index (χ0n) is 10.4. The van der Waals surface area contributed by atoms with Gasteiger partial charge in [-0.1, -0.05) is 12.2 Å². The fourth-order valence-corrected chi connectivity index (χ4v) is 1.49. The van der Waals surface area contributed by atoms with E-state index in [1.54, 1.807) is 12.3 Å². The highest BCUT2D eigenvalue weighted by atomic mass is 32.1. The Labute approximate surface area is 107 Å². The predicted molar refractivity (Wildman–Crippen MR) is 72.3 cm³/mol. The van der Waals surface area contributed by atoms with Crippen molar-refractivity contribution in [3.63, 3.8) is 0 Å². The molecule has 0 atom stereocenters. The predicted octanol–water partition coefficient (Wildman–Crippen LogP) is 0.972. The van der Waals surface area contributed by atoms with Crippen LogP contribution in [0.4, 0.5) is 5.82 Å². The molecule has 1 heterocycles.